The van der Waals surface area contributed by atoms with Crippen molar-refractivity contribution in [3.05, 3.63) is 75.5 Å². The van der Waals surface area contributed by atoms with Crippen LogP contribution in [0.15, 0.2) is 53.1 Å². The second-order valence-electron chi connectivity index (χ2n) is 6.94. The van der Waals surface area contributed by atoms with Gasteiger partial charge in [-0.05, 0) is 24.1 Å². The van der Waals surface area contributed by atoms with E-state index in [1.165, 1.54) is 6.20 Å². The highest BCUT2D eigenvalue weighted by atomic mass is 16.5. The Kier molecular flexibility index (Phi) is 3.43. The van der Waals surface area contributed by atoms with Crippen LogP contribution in [0.4, 0.5) is 0 Å². The largest absolute Gasteiger partial charge is 0.457 e. The number of hydrogen-bond acceptors (Lipinski definition) is 6. The number of H-pyrrole nitrogens is 1. The van der Waals surface area contributed by atoms with E-state index in [2.05, 4.69) is 16.3 Å². The smallest absolute Gasteiger partial charge is 0.232 e. The van der Waals surface area contributed by atoms with Gasteiger partial charge in [-0.3, -0.25) is 19.5 Å². The second-order valence-corrected chi connectivity index (χ2v) is 6.94. The Bertz CT molecular complexity index is 1170. The summed E-state index contributed by atoms with van der Waals surface area (Å²) < 4.78 is 5.84. The summed E-state index contributed by atoms with van der Waals surface area (Å²) in [5.74, 6) is -1.17. The van der Waals surface area contributed by atoms with Crippen LogP contribution in [0.1, 0.15) is 57.2 Å². The maximum absolute atomic E-state index is 13.2. The number of fused-ring (bicyclic) bond motifs is 1. The molecule has 1 aromatic carbocycles. The van der Waals surface area contributed by atoms with Gasteiger partial charge in [0.05, 0.1) is 29.0 Å². The molecular formula is C21H13N3O4. The first-order valence-electron chi connectivity index (χ1n) is 8.91. The number of nitrogens with one attached hydrogen (secondary N) is 1. The van der Waals surface area contributed by atoms with Crippen LogP contribution in [0.3, 0.4) is 0 Å². The first-order chi connectivity index (χ1) is 13.6. The van der Waals surface area contributed by atoms with Crippen LogP contribution in [0.5, 0.6) is 0 Å². The van der Waals surface area contributed by atoms with Gasteiger partial charge in [0.1, 0.15) is 11.5 Å². The summed E-state index contributed by atoms with van der Waals surface area (Å²) in [6.45, 7) is 0. The van der Waals surface area contributed by atoms with Gasteiger partial charge in [-0.25, -0.2) is 0 Å². The highest BCUT2D eigenvalue weighted by Crippen LogP contribution is 2.47. The molecule has 0 saturated carbocycles. The van der Waals surface area contributed by atoms with Crippen molar-refractivity contribution < 1.29 is 19.1 Å². The van der Waals surface area contributed by atoms with Gasteiger partial charge in [0.25, 0.3) is 0 Å². The summed E-state index contributed by atoms with van der Waals surface area (Å²) in [6.07, 6.45) is 2.86. The fourth-order valence-corrected chi connectivity index (χ4v) is 4.09. The molecule has 0 amide bonds. The fraction of sp³-hybridized carbons (Fsp3) is 0.190. The molecule has 1 N–H and O–H groups in total. The lowest BCUT2D eigenvalue weighted by molar-refractivity contribution is -0.116. The summed E-state index contributed by atoms with van der Waals surface area (Å²) in [6, 6.07) is 8.75. The Hall–Kier alpha value is -3.79. The molecule has 2 aromatic rings. The summed E-state index contributed by atoms with van der Waals surface area (Å²) in [5.41, 5.74) is 2.00. The minimum Gasteiger partial charge on any atom is -0.457 e. The zero-order chi connectivity index (χ0) is 19.4. The summed E-state index contributed by atoms with van der Waals surface area (Å²) in [5, 5.41) is 15.5. The molecule has 1 aromatic heterocycles. The van der Waals surface area contributed by atoms with Crippen molar-refractivity contribution in [3.63, 3.8) is 0 Å². The summed E-state index contributed by atoms with van der Waals surface area (Å²) in [4.78, 5) is 38.9. The lowest BCUT2D eigenvalue weighted by atomic mass is 9.73. The van der Waals surface area contributed by atoms with Crippen molar-refractivity contribution >= 4 is 17.3 Å². The molecule has 1 unspecified atom stereocenters. The van der Waals surface area contributed by atoms with Gasteiger partial charge in [-0.1, -0.05) is 12.1 Å². The van der Waals surface area contributed by atoms with Crippen molar-refractivity contribution in [1.82, 2.24) is 10.2 Å². The monoisotopic (exact) mass is 371 g/mol. The van der Waals surface area contributed by atoms with Gasteiger partial charge < -0.3 is 4.74 Å². The van der Waals surface area contributed by atoms with Crippen LogP contribution in [0.2, 0.25) is 0 Å². The summed E-state index contributed by atoms with van der Waals surface area (Å²) >= 11 is 0. The Balaban J connectivity index is 1.75. The average molecular weight is 371 g/mol. The maximum atomic E-state index is 13.2. The number of Topliss-reactive ketones (excluding diaryl/α,β-unsaturated/α-hetero) is 3. The van der Waals surface area contributed by atoms with E-state index in [4.69, 9.17) is 10.00 Å². The van der Waals surface area contributed by atoms with E-state index in [9.17, 15) is 14.4 Å². The second kappa shape index (κ2) is 5.86. The summed E-state index contributed by atoms with van der Waals surface area (Å²) in [7, 11) is 0. The van der Waals surface area contributed by atoms with Crippen LogP contribution in [-0.4, -0.2) is 27.5 Å². The molecule has 2 aliphatic carbocycles. The van der Waals surface area contributed by atoms with E-state index in [1.54, 1.807) is 24.3 Å². The van der Waals surface area contributed by atoms with Crippen LogP contribution in [-0.2, 0) is 9.53 Å². The topological polar surface area (TPSA) is 113 Å². The van der Waals surface area contributed by atoms with Gasteiger partial charge >= 0.3 is 0 Å². The lowest BCUT2D eigenvalue weighted by Crippen LogP contribution is -2.34. The molecule has 1 atom stereocenters. The maximum Gasteiger partial charge on any atom is 0.232 e. The fourth-order valence-electron chi connectivity index (χ4n) is 4.09. The number of benzene rings is 1. The molecule has 0 bridgehead atoms. The first-order valence-corrected chi connectivity index (χ1v) is 8.91. The zero-order valence-electron chi connectivity index (χ0n) is 14.6. The molecule has 5 rings (SSSR count). The molecule has 0 spiro atoms. The Morgan fingerprint density at radius 3 is 2.61 bits per heavy atom. The van der Waals surface area contributed by atoms with Gasteiger partial charge in [0.2, 0.25) is 11.6 Å². The van der Waals surface area contributed by atoms with Crippen molar-refractivity contribution in [2.75, 3.05) is 0 Å². The Morgan fingerprint density at radius 2 is 1.86 bits per heavy atom. The highest BCUT2D eigenvalue weighted by molar-refractivity contribution is 6.27. The SMILES string of the molecule is N#Cc1ccc(C2C3=C(CCCC3=O)OC3=C2C(=O)c2[nH]ncc2C3=O)cc1. The number of nitriles is 1. The molecular weight excluding hydrogens is 358 g/mol. The molecule has 2 heterocycles. The van der Waals surface area contributed by atoms with Gasteiger partial charge in [0.15, 0.2) is 11.5 Å². The number of nitrogens with zero attached hydrogens (tertiary/aromatic N) is 2. The minimum absolute atomic E-state index is 0.0262. The third-order valence-electron chi connectivity index (χ3n) is 5.39. The van der Waals surface area contributed by atoms with Crippen LogP contribution in [0, 0.1) is 11.3 Å². The predicted molar refractivity (Wildman–Crippen MR) is 95.1 cm³/mol. The third-order valence-corrected chi connectivity index (χ3v) is 5.39. The number of hydrogen-bond donors (Lipinski definition) is 1. The number of aromatic amines is 1. The van der Waals surface area contributed by atoms with Crippen molar-refractivity contribution in [2.24, 2.45) is 0 Å². The van der Waals surface area contributed by atoms with Crippen molar-refractivity contribution in [1.29, 1.82) is 5.26 Å². The van der Waals surface area contributed by atoms with E-state index in [0.29, 0.717) is 41.7 Å². The molecule has 28 heavy (non-hydrogen) atoms. The Morgan fingerprint density at radius 1 is 1.07 bits per heavy atom. The number of carbonyl (C=O) groups is 3. The molecule has 136 valence electrons. The zero-order valence-corrected chi connectivity index (χ0v) is 14.6. The highest BCUT2D eigenvalue weighted by Gasteiger charge is 2.46. The molecule has 3 aliphatic rings. The molecule has 1 aliphatic heterocycles. The van der Waals surface area contributed by atoms with Gasteiger partial charge in [-0.15, -0.1) is 0 Å². The first kappa shape index (κ1) is 16.4. The molecule has 0 radical (unpaired) electrons. The van der Waals surface area contributed by atoms with Crippen LogP contribution in [0.25, 0.3) is 0 Å². The van der Waals surface area contributed by atoms with E-state index in [1.807, 2.05) is 0 Å². The number of rotatable bonds is 1. The molecule has 0 saturated heterocycles. The lowest BCUT2D eigenvalue weighted by Gasteiger charge is -2.34. The molecule has 7 nitrogen and oxygen atoms in total. The number of ether oxygens (including phenoxy) is 1. The van der Waals surface area contributed by atoms with Crippen LogP contribution >= 0.6 is 0 Å². The van der Waals surface area contributed by atoms with Crippen LogP contribution < -0.4 is 0 Å². The number of allylic oxidation sites excluding steroid dienone is 4. The van der Waals surface area contributed by atoms with Crippen molar-refractivity contribution in [3.8, 4) is 6.07 Å². The Labute approximate surface area is 159 Å². The normalized spacial score (nSPS) is 21.0. The van der Waals surface area contributed by atoms with E-state index in [-0.39, 0.29) is 28.4 Å². The number of ketones is 3. The third kappa shape index (κ3) is 2.15. The predicted octanol–water partition coefficient (Wildman–Crippen LogP) is 2.74. The van der Waals surface area contributed by atoms with Crippen molar-refractivity contribution in [2.45, 2.75) is 25.2 Å². The molecule has 7 heteroatoms. The molecule has 0 fully saturated rings. The van der Waals surface area contributed by atoms with Gasteiger partial charge in [0, 0.05) is 24.3 Å². The van der Waals surface area contributed by atoms with E-state index in [0.717, 1.165) is 0 Å². The van der Waals surface area contributed by atoms with E-state index < -0.39 is 17.5 Å². The number of aromatic nitrogens is 2. The van der Waals surface area contributed by atoms with Gasteiger partial charge in [-0.2, -0.15) is 10.4 Å². The minimum atomic E-state index is -0.702. The number of carbonyl (C=O) groups excluding carboxylic acids is 3. The quantitative estimate of drug-likeness (QED) is 0.825. The standard InChI is InChI=1S/C21H13N3O4/c22-8-10-4-6-11(7-5-10)15-16-13(25)2-1-3-14(16)28-21-17(15)20(27)18-12(19(21)26)9-23-24-18/h4-7,9,15H,1-3H2,(H,23,24). The average Bonchev–Trinajstić information content (AvgIpc) is 3.21. The van der Waals surface area contributed by atoms with E-state index >= 15 is 0 Å².